The van der Waals surface area contributed by atoms with E-state index in [1.807, 2.05) is 13.8 Å². The van der Waals surface area contributed by atoms with Crippen molar-refractivity contribution in [1.82, 2.24) is 5.32 Å². The molecule has 1 saturated carbocycles. The van der Waals surface area contributed by atoms with Gasteiger partial charge in [-0.1, -0.05) is 20.8 Å². The molecule has 0 aromatic carbocycles. The van der Waals surface area contributed by atoms with Crippen LogP contribution in [0.1, 0.15) is 47.5 Å². The van der Waals surface area contributed by atoms with Crippen LogP contribution in [0.3, 0.4) is 0 Å². The number of amides is 1. The van der Waals surface area contributed by atoms with Crippen molar-refractivity contribution >= 4 is 5.91 Å². The third-order valence-corrected chi connectivity index (χ3v) is 3.54. The number of rotatable bonds is 2. The maximum atomic E-state index is 11.8. The van der Waals surface area contributed by atoms with E-state index in [1.54, 1.807) is 0 Å². The topological polar surface area (TPSA) is 55.1 Å². The highest BCUT2D eigenvalue weighted by Gasteiger charge is 2.48. The molecule has 1 fully saturated rings. The molecule has 0 radical (unpaired) electrons. The van der Waals surface area contributed by atoms with Crippen molar-refractivity contribution < 1.29 is 4.79 Å². The zero-order chi connectivity index (χ0) is 11.2. The lowest BCUT2D eigenvalue weighted by molar-refractivity contribution is -0.126. The van der Waals surface area contributed by atoms with Gasteiger partial charge in [0.1, 0.15) is 0 Å². The van der Waals surface area contributed by atoms with E-state index >= 15 is 0 Å². The fourth-order valence-electron chi connectivity index (χ4n) is 0.958. The maximum Gasteiger partial charge on any atom is 0.240 e. The van der Waals surface area contributed by atoms with E-state index in [4.69, 9.17) is 5.73 Å². The predicted molar refractivity (Wildman–Crippen MR) is 57.8 cm³/mol. The van der Waals surface area contributed by atoms with E-state index in [0.29, 0.717) is 0 Å². The van der Waals surface area contributed by atoms with Gasteiger partial charge in [0.25, 0.3) is 0 Å². The summed E-state index contributed by atoms with van der Waals surface area (Å²) in [6, 6.07) is 0. The van der Waals surface area contributed by atoms with E-state index < -0.39 is 5.54 Å². The van der Waals surface area contributed by atoms with Crippen LogP contribution in [-0.4, -0.2) is 17.0 Å². The first-order valence-corrected chi connectivity index (χ1v) is 5.20. The number of carbonyl (C=O) groups excluding carboxylic acids is 1. The molecule has 1 aliphatic carbocycles. The van der Waals surface area contributed by atoms with E-state index in [1.165, 1.54) is 0 Å². The van der Waals surface area contributed by atoms with Crippen molar-refractivity contribution in [3.05, 3.63) is 0 Å². The SMILES string of the molecule is CC(C)(C)C(C)(C)NC(=O)C1(N)CC1. The molecule has 0 saturated heterocycles. The number of nitrogens with one attached hydrogen (secondary N) is 1. The minimum Gasteiger partial charge on any atom is -0.349 e. The molecule has 1 amide bonds. The van der Waals surface area contributed by atoms with Gasteiger partial charge in [-0.15, -0.1) is 0 Å². The summed E-state index contributed by atoms with van der Waals surface area (Å²) in [6.07, 6.45) is 1.64. The van der Waals surface area contributed by atoms with E-state index in [0.717, 1.165) is 12.8 Å². The van der Waals surface area contributed by atoms with Crippen LogP contribution < -0.4 is 11.1 Å². The second-order valence-electron chi connectivity index (χ2n) is 5.99. The quantitative estimate of drug-likeness (QED) is 0.705. The Morgan fingerprint density at radius 3 is 1.93 bits per heavy atom. The molecule has 0 aromatic heterocycles. The summed E-state index contributed by atoms with van der Waals surface area (Å²) >= 11 is 0. The van der Waals surface area contributed by atoms with Gasteiger partial charge in [-0.25, -0.2) is 0 Å². The number of hydrogen-bond acceptors (Lipinski definition) is 2. The Balaban J connectivity index is 2.64. The third-order valence-electron chi connectivity index (χ3n) is 3.54. The zero-order valence-electron chi connectivity index (χ0n) is 9.90. The molecule has 14 heavy (non-hydrogen) atoms. The van der Waals surface area contributed by atoms with E-state index in [2.05, 4.69) is 26.1 Å². The van der Waals surface area contributed by atoms with Gasteiger partial charge in [0.2, 0.25) is 5.91 Å². The molecular formula is C11H22N2O. The summed E-state index contributed by atoms with van der Waals surface area (Å²) in [5.41, 5.74) is 5.07. The Bertz CT molecular complexity index is 247. The molecule has 0 spiro atoms. The number of nitrogens with two attached hydrogens (primary N) is 1. The molecule has 0 bridgehead atoms. The average Bonchev–Trinajstić information content (AvgIpc) is 2.65. The summed E-state index contributed by atoms with van der Waals surface area (Å²) in [7, 11) is 0. The average molecular weight is 198 g/mol. The van der Waals surface area contributed by atoms with Crippen LogP contribution in [0.25, 0.3) is 0 Å². The minimum atomic E-state index is -0.567. The van der Waals surface area contributed by atoms with Gasteiger partial charge in [0, 0.05) is 5.54 Å². The van der Waals surface area contributed by atoms with Crippen molar-refractivity contribution in [2.24, 2.45) is 11.1 Å². The lowest BCUT2D eigenvalue weighted by atomic mass is 9.76. The monoisotopic (exact) mass is 198 g/mol. The lowest BCUT2D eigenvalue weighted by Gasteiger charge is -2.40. The molecule has 0 aromatic rings. The van der Waals surface area contributed by atoms with Gasteiger partial charge in [0.05, 0.1) is 5.54 Å². The number of carbonyl (C=O) groups is 1. The van der Waals surface area contributed by atoms with Crippen molar-refractivity contribution in [2.75, 3.05) is 0 Å². The highest BCUT2D eigenvalue weighted by atomic mass is 16.2. The number of hydrogen-bond donors (Lipinski definition) is 2. The molecular weight excluding hydrogens is 176 g/mol. The normalized spacial score (nSPS) is 20.4. The van der Waals surface area contributed by atoms with Gasteiger partial charge < -0.3 is 11.1 Å². The standard InChI is InChI=1S/C11H22N2O/c1-9(2,3)10(4,5)13-8(14)11(12)6-7-11/h6-7,12H2,1-5H3,(H,13,14). The summed E-state index contributed by atoms with van der Waals surface area (Å²) < 4.78 is 0. The van der Waals surface area contributed by atoms with Crippen LogP contribution in [0.5, 0.6) is 0 Å². The maximum absolute atomic E-state index is 11.8. The Hall–Kier alpha value is -0.570. The van der Waals surface area contributed by atoms with Gasteiger partial charge in [-0.3, -0.25) is 4.79 Å². The Labute approximate surface area is 86.4 Å². The van der Waals surface area contributed by atoms with Crippen molar-refractivity contribution in [1.29, 1.82) is 0 Å². The van der Waals surface area contributed by atoms with Crippen LogP contribution in [0.15, 0.2) is 0 Å². The summed E-state index contributed by atoms with van der Waals surface area (Å²) in [5, 5.41) is 3.03. The smallest absolute Gasteiger partial charge is 0.240 e. The van der Waals surface area contributed by atoms with Gasteiger partial charge in [-0.2, -0.15) is 0 Å². The third kappa shape index (κ3) is 2.08. The molecule has 3 N–H and O–H groups in total. The predicted octanol–water partition coefficient (Wildman–Crippen LogP) is 1.42. The lowest BCUT2D eigenvalue weighted by Crippen LogP contribution is -2.57. The summed E-state index contributed by atoms with van der Waals surface area (Å²) in [4.78, 5) is 11.8. The largest absolute Gasteiger partial charge is 0.349 e. The fraction of sp³-hybridized carbons (Fsp3) is 0.909. The highest BCUT2D eigenvalue weighted by Crippen LogP contribution is 2.35. The van der Waals surface area contributed by atoms with E-state index in [-0.39, 0.29) is 16.9 Å². The molecule has 0 aliphatic heterocycles. The highest BCUT2D eigenvalue weighted by molar-refractivity contribution is 5.89. The fourth-order valence-corrected chi connectivity index (χ4v) is 0.958. The Morgan fingerprint density at radius 1 is 1.21 bits per heavy atom. The first kappa shape index (κ1) is 11.5. The van der Waals surface area contributed by atoms with Crippen molar-refractivity contribution in [3.63, 3.8) is 0 Å². The Kier molecular flexibility index (Phi) is 2.43. The van der Waals surface area contributed by atoms with Crippen LogP contribution in [0, 0.1) is 5.41 Å². The van der Waals surface area contributed by atoms with Gasteiger partial charge in [0.15, 0.2) is 0 Å². The molecule has 0 unspecified atom stereocenters. The molecule has 3 nitrogen and oxygen atoms in total. The second-order valence-corrected chi connectivity index (χ2v) is 5.99. The van der Waals surface area contributed by atoms with Crippen molar-refractivity contribution in [2.45, 2.75) is 58.5 Å². The van der Waals surface area contributed by atoms with Crippen LogP contribution in [0.2, 0.25) is 0 Å². The first-order chi connectivity index (χ1) is 6.08. The molecule has 82 valence electrons. The van der Waals surface area contributed by atoms with Gasteiger partial charge in [-0.05, 0) is 32.1 Å². The molecule has 1 rings (SSSR count). The zero-order valence-corrected chi connectivity index (χ0v) is 9.90. The summed E-state index contributed by atoms with van der Waals surface area (Å²) in [6.45, 7) is 10.4. The summed E-state index contributed by atoms with van der Waals surface area (Å²) in [5.74, 6) is -0.00238. The molecule has 3 heteroatoms. The van der Waals surface area contributed by atoms with Gasteiger partial charge >= 0.3 is 0 Å². The van der Waals surface area contributed by atoms with E-state index in [9.17, 15) is 4.79 Å². The molecule has 1 aliphatic rings. The first-order valence-electron chi connectivity index (χ1n) is 5.20. The van der Waals surface area contributed by atoms with Crippen LogP contribution >= 0.6 is 0 Å². The molecule has 0 heterocycles. The van der Waals surface area contributed by atoms with Crippen molar-refractivity contribution in [3.8, 4) is 0 Å². The molecule has 0 atom stereocenters. The second kappa shape index (κ2) is 2.96. The van der Waals surface area contributed by atoms with Crippen LogP contribution in [-0.2, 0) is 4.79 Å². The minimum absolute atomic E-state index is 0.00238. The Morgan fingerprint density at radius 2 is 1.64 bits per heavy atom. The van der Waals surface area contributed by atoms with Crippen LogP contribution in [0.4, 0.5) is 0 Å².